The first-order valence-electron chi connectivity index (χ1n) is 5.77. The molecule has 1 saturated carbocycles. The van der Waals surface area contributed by atoms with E-state index in [9.17, 15) is 4.79 Å². The Bertz CT molecular complexity index is 238. The fourth-order valence-corrected chi connectivity index (χ4v) is 1.86. The van der Waals surface area contributed by atoms with Crippen LogP contribution in [0.1, 0.15) is 26.2 Å². The predicted octanol–water partition coefficient (Wildman–Crippen LogP) is 0.703. The third-order valence-corrected chi connectivity index (χ3v) is 3.08. The highest BCUT2D eigenvalue weighted by atomic mass is 35.5. The summed E-state index contributed by atoms with van der Waals surface area (Å²) in [6.45, 7) is 4.86. The Morgan fingerprint density at radius 2 is 2.25 bits per heavy atom. The first-order valence-corrected chi connectivity index (χ1v) is 5.77. The van der Waals surface area contributed by atoms with Crippen molar-refractivity contribution in [2.24, 2.45) is 5.92 Å². The molecule has 1 saturated heterocycles. The molecule has 0 aromatic rings. The normalized spacial score (nSPS) is 28.6. The molecule has 0 radical (unpaired) electrons. The molecule has 1 atom stereocenters. The molecular formula is C11H21ClN2O2. The van der Waals surface area contributed by atoms with E-state index in [2.05, 4.69) is 10.6 Å². The molecule has 0 bridgehead atoms. The highest BCUT2D eigenvalue weighted by molar-refractivity contribution is 5.85. The van der Waals surface area contributed by atoms with E-state index in [0.717, 1.165) is 25.5 Å². The maximum atomic E-state index is 11.6. The Balaban J connectivity index is 0.00000128. The topological polar surface area (TPSA) is 50.4 Å². The molecule has 2 aliphatic rings. The molecule has 2 rings (SSSR count). The van der Waals surface area contributed by atoms with E-state index in [0.29, 0.717) is 13.2 Å². The van der Waals surface area contributed by atoms with Crippen LogP contribution in [0, 0.1) is 5.92 Å². The number of rotatable bonds is 5. The van der Waals surface area contributed by atoms with Gasteiger partial charge in [-0.2, -0.15) is 0 Å². The van der Waals surface area contributed by atoms with Crippen LogP contribution in [0.5, 0.6) is 0 Å². The summed E-state index contributed by atoms with van der Waals surface area (Å²) in [5.41, 5.74) is -0.141. The number of hydrogen-bond acceptors (Lipinski definition) is 3. The number of carbonyl (C=O) groups excluding carboxylic acids is 1. The van der Waals surface area contributed by atoms with Crippen molar-refractivity contribution in [3.63, 3.8) is 0 Å². The fraction of sp³-hybridized carbons (Fsp3) is 0.909. The van der Waals surface area contributed by atoms with Gasteiger partial charge in [0.05, 0.1) is 18.7 Å². The van der Waals surface area contributed by atoms with Crippen molar-refractivity contribution in [3.05, 3.63) is 0 Å². The van der Waals surface area contributed by atoms with Crippen LogP contribution in [0.2, 0.25) is 0 Å². The predicted molar refractivity (Wildman–Crippen MR) is 64.8 cm³/mol. The molecule has 0 spiro atoms. The van der Waals surface area contributed by atoms with E-state index in [1.54, 1.807) is 0 Å². The van der Waals surface area contributed by atoms with E-state index in [4.69, 9.17) is 4.74 Å². The zero-order valence-electron chi connectivity index (χ0n) is 9.75. The molecule has 1 amide bonds. The van der Waals surface area contributed by atoms with Crippen molar-refractivity contribution < 1.29 is 9.53 Å². The second kappa shape index (κ2) is 5.84. The molecule has 0 aromatic carbocycles. The van der Waals surface area contributed by atoms with Gasteiger partial charge in [0.2, 0.25) is 5.91 Å². The zero-order valence-corrected chi connectivity index (χ0v) is 10.6. The van der Waals surface area contributed by atoms with Crippen molar-refractivity contribution in [2.45, 2.75) is 31.7 Å². The molecule has 1 aliphatic carbocycles. The van der Waals surface area contributed by atoms with E-state index in [1.165, 1.54) is 12.8 Å². The van der Waals surface area contributed by atoms with Crippen LogP contribution < -0.4 is 10.6 Å². The number of hydrogen-bond donors (Lipinski definition) is 2. The van der Waals surface area contributed by atoms with Gasteiger partial charge in [-0.15, -0.1) is 12.4 Å². The molecule has 1 unspecified atom stereocenters. The van der Waals surface area contributed by atoms with Gasteiger partial charge in [0.1, 0.15) is 0 Å². The van der Waals surface area contributed by atoms with Crippen LogP contribution in [-0.4, -0.2) is 37.7 Å². The Morgan fingerprint density at radius 1 is 1.50 bits per heavy atom. The Kier molecular flexibility index (Phi) is 5.02. The lowest BCUT2D eigenvalue weighted by Crippen LogP contribution is -2.49. The average Bonchev–Trinajstić information content (AvgIpc) is 2.89. The quantitative estimate of drug-likeness (QED) is 0.753. The first kappa shape index (κ1) is 13.7. The molecule has 16 heavy (non-hydrogen) atoms. The number of amides is 1. The standard InChI is InChI=1S/C11H20N2O2.ClH/c1-11(4-5-15-8-11)13-10(14)7-12-6-9-2-3-9;/h9,12H,2-8H2,1H3,(H,13,14);1H. The molecule has 4 nitrogen and oxygen atoms in total. The van der Waals surface area contributed by atoms with Gasteiger partial charge >= 0.3 is 0 Å². The monoisotopic (exact) mass is 248 g/mol. The summed E-state index contributed by atoms with van der Waals surface area (Å²) in [7, 11) is 0. The third kappa shape index (κ3) is 4.28. The average molecular weight is 249 g/mol. The maximum Gasteiger partial charge on any atom is 0.234 e. The van der Waals surface area contributed by atoms with Crippen molar-refractivity contribution in [2.75, 3.05) is 26.3 Å². The van der Waals surface area contributed by atoms with E-state index >= 15 is 0 Å². The van der Waals surface area contributed by atoms with Crippen LogP contribution in [0.15, 0.2) is 0 Å². The molecule has 94 valence electrons. The summed E-state index contributed by atoms with van der Waals surface area (Å²) in [4.78, 5) is 11.6. The lowest BCUT2D eigenvalue weighted by atomic mass is 10.0. The molecule has 2 N–H and O–H groups in total. The largest absolute Gasteiger partial charge is 0.379 e. The third-order valence-electron chi connectivity index (χ3n) is 3.08. The van der Waals surface area contributed by atoms with Crippen LogP contribution in [-0.2, 0) is 9.53 Å². The van der Waals surface area contributed by atoms with Crippen molar-refractivity contribution in [1.29, 1.82) is 0 Å². The van der Waals surface area contributed by atoms with Gasteiger partial charge in [-0.25, -0.2) is 0 Å². The van der Waals surface area contributed by atoms with Gasteiger partial charge in [-0.3, -0.25) is 4.79 Å². The van der Waals surface area contributed by atoms with Crippen molar-refractivity contribution in [3.8, 4) is 0 Å². The van der Waals surface area contributed by atoms with Gasteiger partial charge in [0, 0.05) is 6.61 Å². The molecule has 2 fully saturated rings. The summed E-state index contributed by atoms with van der Waals surface area (Å²) < 4.78 is 5.28. The molecule has 0 aromatic heterocycles. The Morgan fingerprint density at radius 3 is 2.81 bits per heavy atom. The second-order valence-electron chi connectivity index (χ2n) is 4.99. The van der Waals surface area contributed by atoms with Gasteiger partial charge in [-0.05, 0) is 38.6 Å². The summed E-state index contributed by atoms with van der Waals surface area (Å²) in [5.74, 6) is 0.909. The van der Waals surface area contributed by atoms with Crippen LogP contribution in [0.25, 0.3) is 0 Å². The minimum Gasteiger partial charge on any atom is -0.379 e. The minimum absolute atomic E-state index is 0. The highest BCUT2D eigenvalue weighted by Gasteiger charge is 2.31. The smallest absolute Gasteiger partial charge is 0.234 e. The van der Waals surface area contributed by atoms with E-state index < -0.39 is 0 Å². The van der Waals surface area contributed by atoms with E-state index in [-0.39, 0.29) is 23.9 Å². The second-order valence-corrected chi connectivity index (χ2v) is 4.99. The summed E-state index contributed by atoms with van der Waals surface area (Å²) >= 11 is 0. The van der Waals surface area contributed by atoms with Crippen LogP contribution in [0.3, 0.4) is 0 Å². The number of halogens is 1. The lowest BCUT2D eigenvalue weighted by molar-refractivity contribution is -0.122. The number of carbonyl (C=O) groups is 1. The zero-order chi connectivity index (χ0) is 10.7. The van der Waals surface area contributed by atoms with Crippen LogP contribution in [0.4, 0.5) is 0 Å². The summed E-state index contributed by atoms with van der Waals surface area (Å²) in [5, 5.41) is 6.21. The van der Waals surface area contributed by atoms with Crippen molar-refractivity contribution >= 4 is 18.3 Å². The minimum atomic E-state index is -0.141. The summed E-state index contributed by atoms with van der Waals surface area (Å²) in [6.07, 6.45) is 3.56. The van der Waals surface area contributed by atoms with Gasteiger partial charge in [0.25, 0.3) is 0 Å². The number of nitrogens with one attached hydrogen (secondary N) is 2. The van der Waals surface area contributed by atoms with Gasteiger partial charge in [0.15, 0.2) is 0 Å². The van der Waals surface area contributed by atoms with Gasteiger partial charge < -0.3 is 15.4 Å². The molecule has 1 heterocycles. The first-order chi connectivity index (χ1) is 7.18. The molecular weight excluding hydrogens is 228 g/mol. The number of ether oxygens (including phenoxy) is 1. The Labute approximate surface area is 103 Å². The SMILES string of the molecule is CC1(NC(=O)CNCC2CC2)CCOC1.Cl. The van der Waals surface area contributed by atoms with Gasteiger partial charge in [-0.1, -0.05) is 0 Å². The highest BCUT2D eigenvalue weighted by Crippen LogP contribution is 2.27. The molecule has 1 aliphatic heterocycles. The maximum absolute atomic E-state index is 11.6. The van der Waals surface area contributed by atoms with Crippen LogP contribution >= 0.6 is 12.4 Å². The summed E-state index contributed by atoms with van der Waals surface area (Å²) in [6, 6.07) is 0. The Hall–Kier alpha value is -0.320. The lowest BCUT2D eigenvalue weighted by Gasteiger charge is -2.23. The van der Waals surface area contributed by atoms with E-state index in [1.807, 2.05) is 6.92 Å². The fourth-order valence-electron chi connectivity index (χ4n) is 1.86. The van der Waals surface area contributed by atoms with Crippen molar-refractivity contribution in [1.82, 2.24) is 10.6 Å². The molecule has 5 heteroatoms.